The molecule has 0 aromatic rings. The van der Waals surface area contributed by atoms with Gasteiger partial charge in [0.2, 0.25) is 0 Å². The van der Waals surface area contributed by atoms with Crippen molar-refractivity contribution in [3.63, 3.8) is 0 Å². The number of ether oxygens (including phenoxy) is 1. The smallest absolute Gasteiger partial charge is 0.191 e. The van der Waals surface area contributed by atoms with Crippen molar-refractivity contribution in [2.24, 2.45) is 16.3 Å². The summed E-state index contributed by atoms with van der Waals surface area (Å²) in [5, 5.41) is 7.81. The quantitative estimate of drug-likeness (QED) is 0.347. The van der Waals surface area contributed by atoms with Gasteiger partial charge in [0.25, 0.3) is 0 Å². The predicted octanol–water partition coefficient (Wildman–Crippen LogP) is 3.20. The van der Waals surface area contributed by atoms with Crippen molar-refractivity contribution in [2.75, 3.05) is 19.4 Å². The fourth-order valence-corrected chi connectivity index (χ4v) is 7.51. The molecule has 5 nitrogen and oxygen atoms in total. The van der Waals surface area contributed by atoms with Crippen molar-refractivity contribution in [1.82, 2.24) is 10.6 Å². The lowest BCUT2D eigenvalue weighted by atomic mass is 9.54. The largest absolute Gasteiger partial charge is 0.377 e. The third-order valence-electron chi connectivity index (χ3n) is 7.43. The van der Waals surface area contributed by atoms with E-state index in [2.05, 4.69) is 15.6 Å². The van der Waals surface area contributed by atoms with Crippen LogP contribution in [0.2, 0.25) is 0 Å². The summed E-state index contributed by atoms with van der Waals surface area (Å²) in [7, 11) is 1.20. The van der Waals surface area contributed by atoms with E-state index in [1.807, 2.05) is 14.0 Å². The number of aliphatic imine (C=N–C) groups is 1. The molecular formula is C20H36IN3O2S. The molecular weight excluding hydrogens is 473 g/mol. The van der Waals surface area contributed by atoms with Gasteiger partial charge in [0, 0.05) is 58.9 Å². The molecule has 1 aliphatic heterocycles. The van der Waals surface area contributed by atoms with Crippen LogP contribution in [0.4, 0.5) is 0 Å². The third-order valence-corrected chi connectivity index (χ3v) is 9.17. The van der Waals surface area contributed by atoms with Crippen LogP contribution >= 0.6 is 24.0 Å². The van der Waals surface area contributed by atoms with Gasteiger partial charge in [-0.05, 0) is 38.5 Å². The lowest BCUT2D eigenvalue weighted by Crippen LogP contribution is -2.69. The lowest BCUT2D eigenvalue weighted by Gasteiger charge is -2.57. The van der Waals surface area contributed by atoms with Crippen molar-refractivity contribution in [2.45, 2.75) is 88.1 Å². The number of hydrogen-bond acceptors (Lipinski definition) is 3. The van der Waals surface area contributed by atoms with Gasteiger partial charge in [-0.25, -0.2) is 0 Å². The van der Waals surface area contributed by atoms with Crippen LogP contribution in [0.15, 0.2) is 4.99 Å². The maximum atomic E-state index is 12.2. The summed E-state index contributed by atoms with van der Waals surface area (Å²) >= 11 is 0. The van der Waals surface area contributed by atoms with E-state index >= 15 is 0 Å². The van der Waals surface area contributed by atoms with Gasteiger partial charge < -0.3 is 15.4 Å². The van der Waals surface area contributed by atoms with E-state index in [0.29, 0.717) is 34.8 Å². The number of halogens is 1. The van der Waals surface area contributed by atoms with Gasteiger partial charge in [0.05, 0.1) is 6.10 Å². The molecule has 0 aromatic carbocycles. The fraction of sp³-hybridized carbons (Fsp3) is 0.950. The molecule has 6 unspecified atom stereocenters. The molecule has 27 heavy (non-hydrogen) atoms. The zero-order valence-corrected chi connectivity index (χ0v) is 19.9. The van der Waals surface area contributed by atoms with Gasteiger partial charge in [0.15, 0.2) is 5.96 Å². The summed E-state index contributed by atoms with van der Waals surface area (Å²) in [6.07, 6.45) is 11.4. The Bertz CT molecular complexity index is 567. The second kappa shape index (κ2) is 9.28. The van der Waals surface area contributed by atoms with E-state index in [4.69, 9.17) is 4.74 Å². The molecule has 0 bridgehead atoms. The number of fused-ring (bicyclic) bond motifs is 2. The topological polar surface area (TPSA) is 62.7 Å². The van der Waals surface area contributed by atoms with E-state index in [0.717, 1.165) is 44.0 Å². The highest BCUT2D eigenvalue weighted by molar-refractivity contribution is 14.0. The maximum absolute atomic E-state index is 12.2. The van der Waals surface area contributed by atoms with Crippen LogP contribution in [0.1, 0.15) is 64.7 Å². The first-order chi connectivity index (χ1) is 12.7. The van der Waals surface area contributed by atoms with E-state index in [-0.39, 0.29) is 24.0 Å². The molecule has 6 atom stereocenters. The van der Waals surface area contributed by atoms with Crippen LogP contribution < -0.4 is 10.6 Å². The summed E-state index contributed by atoms with van der Waals surface area (Å²) < 4.78 is 18.3. The normalized spacial score (nSPS) is 38.6. The van der Waals surface area contributed by atoms with Crippen LogP contribution in [-0.2, 0) is 15.5 Å². The maximum Gasteiger partial charge on any atom is 0.191 e. The minimum absolute atomic E-state index is 0. The van der Waals surface area contributed by atoms with Crippen LogP contribution in [0, 0.1) is 11.3 Å². The van der Waals surface area contributed by atoms with Crippen molar-refractivity contribution in [3.8, 4) is 0 Å². The highest BCUT2D eigenvalue weighted by Gasteiger charge is 2.65. The summed E-state index contributed by atoms with van der Waals surface area (Å²) in [5.74, 6) is 2.37. The van der Waals surface area contributed by atoms with Crippen LogP contribution in [0.5, 0.6) is 0 Å². The zero-order valence-electron chi connectivity index (χ0n) is 16.7. The van der Waals surface area contributed by atoms with E-state index in [1.54, 1.807) is 0 Å². The van der Waals surface area contributed by atoms with Gasteiger partial charge in [-0.1, -0.05) is 26.2 Å². The van der Waals surface area contributed by atoms with Crippen molar-refractivity contribution in [1.29, 1.82) is 0 Å². The van der Waals surface area contributed by atoms with Gasteiger partial charge >= 0.3 is 0 Å². The first-order valence-corrected chi connectivity index (χ1v) is 12.0. The van der Waals surface area contributed by atoms with Gasteiger partial charge in [-0.15, -0.1) is 24.0 Å². The Morgan fingerprint density at radius 2 is 1.96 bits per heavy atom. The summed E-state index contributed by atoms with van der Waals surface area (Å²) in [6, 6.07) is 0.901. The molecule has 4 fully saturated rings. The summed E-state index contributed by atoms with van der Waals surface area (Å²) in [4.78, 5) is 4.54. The molecule has 2 N–H and O–H groups in total. The average Bonchev–Trinajstić information content (AvgIpc) is 3.33. The summed E-state index contributed by atoms with van der Waals surface area (Å²) in [6.45, 7) is 2.96. The Balaban J connectivity index is 0.00000210. The van der Waals surface area contributed by atoms with Gasteiger partial charge in [0.1, 0.15) is 0 Å². The Labute approximate surface area is 183 Å². The van der Waals surface area contributed by atoms with E-state index in [9.17, 15) is 4.21 Å². The molecule has 1 heterocycles. The fourth-order valence-electron chi connectivity index (χ4n) is 6.17. The highest BCUT2D eigenvalue weighted by atomic mass is 127. The van der Waals surface area contributed by atoms with Gasteiger partial charge in [-0.2, -0.15) is 0 Å². The minimum Gasteiger partial charge on any atom is -0.377 e. The highest BCUT2D eigenvalue weighted by Crippen LogP contribution is 2.60. The SMILES string of the molecule is CCS(=O)C1CCCC(NC(=NC)NC2C3CCOC3C23CCCC3)C1.I. The van der Waals surface area contributed by atoms with Crippen LogP contribution in [-0.4, -0.2) is 53.0 Å². The van der Waals surface area contributed by atoms with Crippen molar-refractivity contribution >= 4 is 40.7 Å². The monoisotopic (exact) mass is 509 g/mol. The molecule has 4 aliphatic rings. The number of nitrogens with zero attached hydrogens (tertiary/aromatic N) is 1. The predicted molar refractivity (Wildman–Crippen MR) is 122 cm³/mol. The lowest BCUT2D eigenvalue weighted by molar-refractivity contribution is -0.125. The number of rotatable bonds is 4. The van der Waals surface area contributed by atoms with Crippen LogP contribution in [0.25, 0.3) is 0 Å². The molecule has 4 rings (SSSR count). The van der Waals surface area contributed by atoms with Crippen molar-refractivity contribution < 1.29 is 8.95 Å². The molecule has 0 aromatic heterocycles. The van der Waals surface area contributed by atoms with Crippen LogP contribution in [0.3, 0.4) is 0 Å². The van der Waals surface area contributed by atoms with E-state index in [1.165, 1.54) is 32.1 Å². The molecule has 1 spiro atoms. The second-order valence-electron chi connectivity index (χ2n) is 8.68. The molecule has 7 heteroatoms. The molecule has 3 aliphatic carbocycles. The van der Waals surface area contributed by atoms with E-state index < -0.39 is 10.8 Å². The zero-order chi connectivity index (χ0) is 18.1. The van der Waals surface area contributed by atoms with Crippen molar-refractivity contribution in [3.05, 3.63) is 0 Å². The number of nitrogens with one attached hydrogen (secondary N) is 2. The standard InChI is InChI=1S/C20H35N3O2S.HI/c1-3-26(24)15-8-6-7-14(13-15)22-19(21-2)23-17-16-9-12-25-18(16)20(17)10-4-5-11-20;/h14-18H,3-13H2,1-2H3,(H2,21,22,23);1H. The third kappa shape index (κ3) is 4.06. The Hall–Kier alpha value is 0.110. The Morgan fingerprint density at radius 3 is 2.67 bits per heavy atom. The molecule has 1 saturated heterocycles. The molecule has 3 saturated carbocycles. The molecule has 156 valence electrons. The average molecular weight is 509 g/mol. The Kier molecular flexibility index (Phi) is 7.50. The first kappa shape index (κ1) is 21.8. The molecule has 0 amide bonds. The minimum atomic E-state index is -0.680. The number of hydrogen-bond donors (Lipinski definition) is 2. The second-order valence-corrected chi connectivity index (χ2v) is 10.7. The van der Waals surface area contributed by atoms with Gasteiger partial charge in [-0.3, -0.25) is 9.20 Å². The molecule has 0 radical (unpaired) electrons. The first-order valence-electron chi connectivity index (χ1n) is 10.7. The summed E-state index contributed by atoms with van der Waals surface area (Å²) in [5.41, 5.74) is 0.345. The number of guanidine groups is 1. The Morgan fingerprint density at radius 1 is 1.19 bits per heavy atom.